The van der Waals surface area contributed by atoms with E-state index >= 15 is 0 Å². The fourth-order valence-electron chi connectivity index (χ4n) is 2.55. The first-order chi connectivity index (χ1) is 13.1. The number of amides is 1. The van der Waals surface area contributed by atoms with Gasteiger partial charge in [-0.3, -0.25) is 9.78 Å². The van der Waals surface area contributed by atoms with Crippen LogP contribution in [0.3, 0.4) is 0 Å². The van der Waals surface area contributed by atoms with Crippen LogP contribution in [-0.2, 0) is 6.42 Å². The minimum atomic E-state index is -0.302. The van der Waals surface area contributed by atoms with Crippen LogP contribution in [0, 0.1) is 5.82 Å². The maximum absolute atomic E-state index is 13.0. The molecule has 5 nitrogen and oxygen atoms in total. The molecule has 0 atom stereocenters. The number of ether oxygens (including phenoxy) is 1. The monoisotopic (exact) mass is 365 g/mol. The zero-order chi connectivity index (χ0) is 19.1. The fourth-order valence-corrected chi connectivity index (χ4v) is 2.55. The summed E-state index contributed by atoms with van der Waals surface area (Å²) in [5.74, 6) is 0.307. The van der Waals surface area contributed by atoms with Crippen LogP contribution in [0.1, 0.15) is 15.9 Å². The van der Waals surface area contributed by atoms with Gasteiger partial charge in [-0.15, -0.1) is 0 Å². The maximum atomic E-state index is 13.0. The quantitative estimate of drug-likeness (QED) is 0.666. The Morgan fingerprint density at radius 3 is 2.48 bits per heavy atom. The van der Waals surface area contributed by atoms with Crippen molar-refractivity contribution in [2.45, 2.75) is 6.42 Å². The summed E-state index contributed by atoms with van der Waals surface area (Å²) in [5.41, 5.74) is 2.94. The van der Waals surface area contributed by atoms with Crippen LogP contribution in [0.25, 0.3) is 0 Å². The molecule has 0 fully saturated rings. The van der Waals surface area contributed by atoms with Crippen molar-refractivity contribution in [1.29, 1.82) is 0 Å². The van der Waals surface area contributed by atoms with Gasteiger partial charge in [0.25, 0.3) is 5.91 Å². The van der Waals surface area contributed by atoms with Crippen LogP contribution in [0.5, 0.6) is 5.75 Å². The van der Waals surface area contributed by atoms with E-state index in [4.69, 9.17) is 4.74 Å². The molecule has 2 N–H and O–H groups in total. The molecule has 0 spiro atoms. The molecule has 1 amide bonds. The number of methoxy groups -OCH3 is 1. The van der Waals surface area contributed by atoms with Gasteiger partial charge in [0.05, 0.1) is 24.6 Å². The predicted molar refractivity (Wildman–Crippen MR) is 103 cm³/mol. The number of halogens is 1. The van der Waals surface area contributed by atoms with Crippen molar-refractivity contribution in [2.24, 2.45) is 0 Å². The van der Waals surface area contributed by atoms with Gasteiger partial charge < -0.3 is 15.4 Å². The Hall–Kier alpha value is -3.41. The van der Waals surface area contributed by atoms with Crippen molar-refractivity contribution < 1.29 is 13.9 Å². The van der Waals surface area contributed by atoms with E-state index < -0.39 is 0 Å². The van der Waals surface area contributed by atoms with E-state index in [1.54, 1.807) is 31.5 Å². The fraction of sp³-hybridized carbons (Fsp3) is 0.143. The molecular formula is C21H20FN3O2. The van der Waals surface area contributed by atoms with Crippen molar-refractivity contribution in [3.8, 4) is 5.75 Å². The normalized spacial score (nSPS) is 10.3. The minimum absolute atomic E-state index is 0.196. The molecule has 0 bridgehead atoms. The van der Waals surface area contributed by atoms with Gasteiger partial charge in [0, 0.05) is 18.4 Å². The Morgan fingerprint density at radius 2 is 1.78 bits per heavy atom. The van der Waals surface area contributed by atoms with E-state index in [1.807, 2.05) is 24.3 Å². The van der Waals surface area contributed by atoms with E-state index in [0.717, 1.165) is 23.4 Å². The Kier molecular flexibility index (Phi) is 5.99. The number of hydrogen-bond donors (Lipinski definition) is 2. The number of nitrogens with one attached hydrogen (secondary N) is 2. The van der Waals surface area contributed by atoms with Gasteiger partial charge in [-0.1, -0.05) is 12.1 Å². The second-order valence-electron chi connectivity index (χ2n) is 5.95. The molecule has 27 heavy (non-hydrogen) atoms. The summed E-state index contributed by atoms with van der Waals surface area (Å²) >= 11 is 0. The molecular weight excluding hydrogens is 345 g/mol. The molecule has 0 aliphatic heterocycles. The number of anilines is 2. The lowest BCUT2D eigenvalue weighted by molar-refractivity contribution is 0.0954. The Balaban J connectivity index is 1.55. The first-order valence-electron chi connectivity index (χ1n) is 8.53. The van der Waals surface area contributed by atoms with Crippen LogP contribution in [0.15, 0.2) is 67.0 Å². The van der Waals surface area contributed by atoms with Crippen molar-refractivity contribution in [2.75, 3.05) is 19.0 Å². The topological polar surface area (TPSA) is 63.2 Å². The summed E-state index contributed by atoms with van der Waals surface area (Å²) in [4.78, 5) is 16.4. The molecule has 0 unspecified atom stereocenters. The van der Waals surface area contributed by atoms with Crippen LogP contribution in [-0.4, -0.2) is 24.5 Å². The minimum Gasteiger partial charge on any atom is -0.497 e. The zero-order valence-electron chi connectivity index (χ0n) is 14.9. The third kappa shape index (κ3) is 5.28. The summed E-state index contributed by atoms with van der Waals surface area (Å²) in [6.45, 7) is 0.515. The van der Waals surface area contributed by atoms with Crippen LogP contribution in [0.2, 0.25) is 0 Å². The van der Waals surface area contributed by atoms with Gasteiger partial charge in [-0.2, -0.15) is 0 Å². The third-order valence-electron chi connectivity index (χ3n) is 3.99. The number of benzene rings is 2. The van der Waals surface area contributed by atoms with Gasteiger partial charge in [0.1, 0.15) is 11.6 Å². The molecule has 6 heteroatoms. The standard InChI is InChI=1S/C21H20FN3O2/c1-27-20-8-2-15(3-9-20)10-11-24-21(26)16-12-19(14-23-13-16)25-18-6-4-17(22)5-7-18/h2-9,12-14,25H,10-11H2,1H3,(H,24,26). The van der Waals surface area contributed by atoms with E-state index in [2.05, 4.69) is 15.6 Å². The molecule has 2 aromatic carbocycles. The van der Waals surface area contributed by atoms with Gasteiger partial charge >= 0.3 is 0 Å². The summed E-state index contributed by atoms with van der Waals surface area (Å²) in [7, 11) is 1.63. The van der Waals surface area contributed by atoms with Crippen molar-refractivity contribution in [3.05, 3.63) is 83.9 Å². The maximum Gasteiger partial charge on any atom is 0.252 e. The highest BCUT2D eigenvalue weighted by Gasteiger charge is 2.07. The number of carbonyl (C=O) groups excluding carboxylic acids is 1. The van der Waals surface area contributed by atoms with Crippen LogP contribution < -0.4 is 15.4 Å². The Morgan fingerprint density at radius 1 is 1.04 bits per heavy atom. The van der Waals surface area contributed by atoms with E-state index in [-0.39, 0.29) is 11.7 Å². The second-order valence-corrected chi connectivity index (χ2v) is 5.95. The van der Waals surface area contributed by atoms with E-state index in [0.29, 0.717) is 17.8 Å². The molecule has 0 aliphatic carbocycles. The van der Waals surface area contributed by atoms with Crippen LogP contribution >= 0.6 is 0 Å². The first-order valence-corrected chi connectivity index (χ1v) is 8.53. The highest BCUT2D eigenvalue weighted by atomic mass is 19.1. The number of nitrogens with zero attached hydrogens (tertiary/aromatic N) is 1. The van der Waals surface area contributed by atoms with Gasteiger partial charge in [-0.25, -0.2) is 4.39 Å². The molecule has 138 valence electrons. The summed E-state index contributed by atoms with van der Waals surface area (Å²) < 4.78 is 18.1. The molecule has 0 saturated carbocycles. The van der Waals surface area contributed by atoms with E-state index in [1.165, 1.54) is 18.3 Å². The number of rotatable bonds is 7. The van der Waals surface area contributed by atoms with E-state index in [9.17, 15) is 9.18 Å². The Labute approximate surface area is 157 Å². The highest BCUT2D eigenvalue weighted by Crippen LogP contribution is 2.17. The molecule has 1 heterocycles. The average molecular weight is 365 g/mol. The van der Waals surface area contributed by atoms with Gasteiger partial charge in [0.15, 0.2) is 0 Å². The number of carbonyl (C=O) groups is 1. The van der Waals surface area contributed by atoms with Crippen molar-refractivity contribution >= 4 is 17.3 Å². The predicted octanol–water partition coefficient (Wildman–Crippen LogP) is 3.95. The molecule has 3 rings (SSSR count). The Bertz CT molecular complexity index is 896. The smallest absolute Gasteiger partial charge is 0.252 e. The zero-order valence-corrected chi connectivity index (χ0v) is 14.9. The summed E-state index contributed by atoms with van der Waals surface area (Å²) in [5, 5.41) is 5.99. The molecule has 3 aromatic rings. The molecule has 0 saturated heterocycles. The summed E-state index contributed by atoms with van der Waals surface area (Å²) in [6, 6.07) is 15.4. The third-order valence-corrected chi connectivity index (χ3v) is 3.99. The van der Waals surface area contributed by atoms with Crippen molar-refractivity contribution in [1.82, 2.24) is 10.3 Å². The lowest BCUT2D eigenvalue weighted by atomic mass is 10.1. The molecule has 1 aromatic heterocycles. The average Bonchev–Trinajstić information content (AvgIpc) is 2.70. The largest absolute Gasteiger partial charge is 0.497 e. The van der Waals surface area contributed by atoms with Crippen molar-refractivity contribution in [3.63, 3.8) is 0 Å². The SMILES string of the molecule is COc1ccc(CCNC(=O)c2cncc(Nc3ccc(F)cc3)c2)cc1. The number of pyridine rings is 1. The van der Waals surface area contributed by atoms with Crippen LogP contribution in [0.4, 0.5) is 15.8 Å². The first kappa shape index (κ1) is 18.4. The highest BCUT2D eigenvalue weighted by molar-refractivity contribution is 5.94. The molecule has 0 aliphatic rings. The lowest BCUT2D eigenvalue weighted by Crippen LogP contribution is -2.25. The lowest BCUT2D eigenvalue weighted by Gasteiger charge is -2.09. The van der Waals surface area contributed by atoms with Gasteiger partial charge in [-0.05, 0) is 54.4 Å². The molecule has 0 radical (unpaired) electrons. The number of hydrogen-bond acceptors (Lipinski definition) is 4. The number of aromatic nitrogens is 1. The summed E-state index contributed by atoms with van der Waals surface area (Å²) in [6.07, 6.45) is 3.84. The van der Waals surface area contributed by atoms with Gasteiger partial charge in [0.2, 0.25) is 0 Å². The second kappa shape index (κ2) is 8.80.